The second kappa shape index (κ2) is 5.55. The number of hydrogen-bond acceptors (Lipinski definition) is 3. The highest BCUT2D eigenvalue weighted by Gasteiger charge is 2.27. The van der Waals surface area contributed by atoms with Gasteiger partial charge in [-0.2, -0.15) is 0 Å². The zero-order valence-electron chi connectivity index (χ0n) is 11.0. The van der Waals surface area contributed by atoms with Crippen molar-refractivity contribution in [1.29, 1.82) is 0 Å². The fourth-order valence-corrected chi connectivity index (χ4v) is 2.12. The molecule has 0 spiro atoms. The molecule has 0 aromatic heterocycles. The lowest BCUT2D eigenvalue weighted by Crippen LogP contribution is -2.29. The van der Waals surface area contributed by atoms with Gasteiger partial charge in [0.15, 0.2) is 0 Å². The maximum Gasteiger partial charge on any atom is 0.491 e. The first-order valence-corrected chi connectivity index (χ1v) is 6.38. The third-order valence-electron chi connectivity index (χ3n) is 3.17. The van der Waals surface area contributed by atoms with Crippen molar-refractivity contribution in [3.05, 3.63) is 53.8 Å². The van der Waals surface area contributed by atoms with Gasteiger partial charge in [-0.1, -0.05) is 6.07 Å². The molecule has 106 valence electrons. The second-order valence-corrected chi connectivity index (χ2v) is 4.66. The van der Waals surface area contributed by atoms with Crippen LogP contribution in [0.15, 0.2) is 42.5 Å². The number of halogens is 1. The fraction of sp³-hybridized carbons (Fsp3) is 0.0714. The molecule has 0 saturated carbocycles. The Hall–Kier alpha value is -2.38. The SMILES string of the molecule is O=C(Nc1ccc(F)cc1)Nc1ccc2c(c1)B(O)OC2. The van der Waals surface area contributed by atoms with Crippen LogP contribution in [0, 0.1) is 5.82 Å². The molecular weight excluding hydrogens is 274 g/mol. The van der Waals surface area contributed by atoms with Crippen LogP contribution in [0.5, 0.6) is 0 Å². The van der Waals surface area contributed by atoms with E-state index in [0.717, 1.165) is 5.56 Å². The number of amides is 2. The number of nitrogens with one attached hydrogen (secondary N) is 2. The molecule has 7 heteroatoms. The third-order valence-corrected chi connectivity index (χ3v) is 3.17. The van der Waals surface area contributed by atoms with E-state index in [1.807, 2.05) is 0 Å². The average molecular weight is 286 g/mol. The summed E-state index contributed by atoms with van der Waals surface area (Å²) in [6.45, 7) is 0.360. The molecule has 2 aromatic carbocycles. The third kappa shape index (κ3) is 3.04. The molecule has 0 bridgehead atoms. The van der Waals surface area contributed by atoms with Gasteiger partial charge in [0.25, 0.3) is 0 Å². The summed E-state index contributed by atoms with van der Waals surface area (Å²) in [5, 5.41) is 14.8. The smallest absolute Gasteiger partial charge is 0.423 e. The van der Waals surface area contributed by atoms with Gasteiger partial charge in [0.05, 0.1) is 6.61 Å². The molecule has 0 aliphatic carbocycles. The number of hydrogen-bond donors (Lipinski definition) is 3. The van der Waals surface area contributed by atoms with E-state index in [4.69, 9.17) is 4.65 Å². The van der Waals surface area contributed by atoms with Crippen molar-refractivity contribution in [1.82, 2.24) is 0 Å². The largest absolute Gasteiger partial charge is 0.491 e. The van der Waals surface area contributed by atoms with E-state index < -0.39 is 13.1 Å². The molecule has 1 aliphatic heterocycles. The Morgan fingerprint density at radius 1 is 1.14 bits per heavy atom. The summed E-state index contributed by atoms with van der Waals surface area (Å²) in [6.07, 6.45) is 0. The lowest BCUT2D eigenvalue weighted by Gasteiger charge is -2.09. The molecule has 1 aliphatic rings. The van der Waals surface area contributed by atoms with Gasteiger partial charge < -0.3 is 20.3 Å². The van der Waals surface area contributed by atoms with E-state index in [0.29, 0.717) is 23.4 Å². The maximum atomic E-state index is 12.8. The van der Waals surface area contributed by atoms with Gasteiger partial charge in [-0.25, -0.2) is 9.18 Å². The molecule has 0 atom stereocenters. The molecule has 5 nitrogen and oxygen atoms in total. The molecule has 0 fully saturated rings. The monoisotopic (exact) mass is 286 g/mol. The van der Waals surface area contributed by atoms with E-state index in [2.05, 4.69) is 10.6 Å². The predicted octanol–water partition coefficient (Wildman–Crippen LogP) is 1.69. The van der Waals surface area contributed by atoms with Crippen LogP contribution in [-0.4, -0.2) is 18.2 Å². The number of carbonyl (C=O) groups is 1. The molecule has 2 aromatic rings. The van der Waals surface area contributed by atoms with Gasteiger partial charge in [0.2, 0.25) is 0 Å². The highest BCUT2D eigenvalue weighted by Crippen LogP contribution is 2.15. The van der Waals surface area contributed by atoms with Gasteiger partial charge in [-0.05, 0) is 47.4 Å². The standard InChI is InChI=1S/C14H12BFN2O3/c16-10-2-5-11(6-3-10)17-14(19)18-12-4-1-9-8-21-15(20)13(9)7-12/h1-7,20H,8H2,(H2,17,18,19). The van der Waals surface area contributed by atoms with Gasteiger partial charge in [-0.3, -0.25) is 0 Å². The molecule has 21 heavy (non-hydrogen) atoms. The summed E-state index contributed by atoms with van der Waals surface area (Å²) in [4.78, 5) is 11.8. The van der Waals surface area contributed by atoms with E-state index in [9.17, 15) is 14.2 Å². The topological polar surface area (TPSA) is 70.6 Å². The lowest BCUT2D eigenvalue weighted by molar-refractivity contribution is 0.262. The number of anilines is 2. The van der Waals surface area contributed by atoms with Crippen molar-refractivity contribution in [2.75, 3.05) is 10.6 Å². The molecule has 0 unspecified atom stereocenters. The summed E-state index contributed by atoms with van der Waals surface area (Å²) in [5.41, 5.74) is 2.57. The Morgan fingerprint density at radius 2 is 1.81 bits per heavy atom. The number of carbonyl (C=O) groups excluding carboxylic acids is 1. The zero-order valence-corrected chi connectivity index (χ0v) is 11.0. The van der Waals surface area contributed by atoms with Crippen LogP contribution in [0.3, 0.4) is 0 Å². The van der Waals surface area contributed by atoms with Crippen LogP contribution in [0.25, 0.3) is 0 Å². The van der Waals surface area contributed by atoms with Crippen LogP contribution >= 0.6 is 0 Å². The number of fused-ring (bicyclic) bond motifs is 1. The van der Waals surface area contributed by atoms with Crippen LogP contribution in [0.1, 0.15) is 5.56 Å². The molecule has 1 heterocycles. The van der Waals surface area contributed by atoms with E-state index >= 15 is 0 Å². The lowest BCUT2D eigenvalue weighted by atomic mass is 9.79. The van der Waals surface area contributed by atoms with Crippen molar-refractivity contribution < 1.29 is 18.9 Å². The summed E-state index contributed by atoms with van der Waals surface area (Å²) in [7, 11) is -0.957. The van der Waals surface area contributed by atoms with E-state index in [1.54, 1.807) is 18.2 Å². The molecule has 3 N–H and O–H groups in total. The Morgan fingerprint density at radius 3 is 2.57 bits per heavy atom. The van der Waals surface area contributed by atoms with Gasteiger partial charge in [-0.15, -0.1) is 0 Å². The van der Waals surface area contributed by atoms with Crippen LogP contribution < -0.4 is 16.1 Å². The molecule has 0 radical (unpaired) electrons. The normalized spacial score (nSPS) is 13.0. The molecule has 3 rings (SSSR count). The van der Waals surface area contributed by atoms with Gasteiger partial charge >= 0.3 is 13.1 Å². The molecule has 0 saturated heterocycles. The van der Waals surface area contributed by atoms with Crippen molar-refractivity contribution in [3.8, 4) is 0 Å². The zero-order chi connectivity index (χ0) is 14.8. The summed E-state index contributed by atoms with van der Waals surface area (Å²) >= 11 is 0. The number of rotatable bonds is 2. The van der Waals surface area contributed by atoms with Gasteiger partial charge in [0.1, 0.15) is 5.82 Å². The van der Waals surface area contributed by atoms with Crippen molar-refractivity contribution in [2.24, 2.45) is 0 Å². The minimum atomic E-state index is -0.957. The summed E-state index contributed by atoms with van der Waals surface area (Å²) < 4.78 is 17.9. The van der Waals surface area contributed by atoms with Crippen LogP contribution in [0.4, 0.5) is 20.6 Å². The Kier molecular flexibility index (Phi) is 3.59. The fourth-order valence-electron chi connectivity index (χ4n) is 2.12. The van der Waals surface area contributed by atoms with Crippen LogP contribution in [0.2, 0.25) is 0 Å². The first-order chi connectivity index (χ1) is 10.1. The van der Waals surface area contributed by atoms with Crippen molar-refractivity contribution in [2.45, 2.75) is 6.61 Å². The highest BCUT2D eigenvalue weighted by molar-refractivity contribution is 6.61. The molecular formula is C14H12BFN2O3. The Balaban J connectivity index is 1.68. The predicted molar refractivity (Wildman–Crippen MR) is 77.9 cm³/mol. The van der Waals surface area contributed by atoms with Crippen molar-refractivity contribution >= 4 is 30.0 Å². The van der Waals surface area contributed by atoms with Crippen LogP contribution in [-0.2, 0) is 11.3 Å². The first kappa shape index (κ1) is 13.6. The van der Waals surface area contributed by atoms with E-state index in [-0.39, 0.29) is 5.82 Å². The van der Waals surface area contributed by atoms with Gasteiger partial charge in [0, 0.05) is 11.4 Å². The summed E-state index contributed by atoms with van der Waals surface area (Å²) in [5.74, 6) is -0.367. The Bertz CT molecular complexity index is 678. The van der Waals surface area contributed by atoms with E-state index in [1.165, 1.54) is 24.3 Å². The number of benzene rings is 2. The average Bonchev–Trinajstić information content (AvgIpc) is 2.83. The number of urea groups is 1. The summed E-state index contributed by atoms with van der Waals surface area (Å²) in [6, 6.07) is 10.2. The minimum absolute atomic E-state index is 0.360. The quantitative estimate of drug-likeness (QED) is 0.736. The Labute approximate surface area is 120 Å². The maximum absolute atomic E-state index is 12.8. The highest BCUT2D eigenvalue weighted by atomic mass is 19.1. The van der Waals surface area contributed by atoms with Crippen molar-refractivity contribution in [3.63, 3.8) is 0 Å². The second-order valence-electron chi connectivity index (χ2n) is 4.66. The molecule has 2 amide bonds. The minimum Gasteiger partial charge on any atom is -0.423 e. The first-order valence-electron chi connectivity index (χ1n) is 6.38.